The largest absolute Gasteiger partial charge is 0.368 e. The first-order valence-electron chi connectivity index (χ1n) is 7.00. The number of hydrogen-bond donors (Lipinski definition) is 2. The molecule has 3 rings (SSSR count). The third kappa shape index (κ3) is 3.08. The van der Waals surface area contributed by atoms with Gasteiger partial charge in [-0.1, -0.05) is 0 Å². The molecule has 0 unspecified atom stereocenters. The van der Waals surface area contributed by atoms with Crippen LogP contribution in [0.2, 0.25) is 0 Å². The minimum atomic E-state index is -0.205. The second-order valence-electron chi connectivity index (χ2n) is 4.87. The smallest absolute Gasteiger partial charge is 0.319 e. The maximum Gasteiger partial charge on any atom is 0.319 e. The summed E-state index contributed by atoms with van der Waals surface area (Å²) < 4.78 is 7.81. The molecule has 1 fully saturated rings. The Kier molecular flexibility index (Phi) is 4.21. The van der Waals surface area contributed by atoms with E-state index in [0.29, 0.717) is 6.61 Å². The molecule has 6 nitrogen and oxygen atoms in total. The fourth-order valence-corrected chi connectivity index (χ4v) is 3.10. The van der Waals surface area contributed by atoms with Gasteiger partial charge in [0.1, 0.15) is 11.9 Å². The lowest BCUT2D eigenvalue weighted by Crippen LogP contribution is -2.40. The minimum Gasteiger partial charge on any atom is -0.368 e. The Hall–Kier alpha value is -1.86. The van der Waals surface area contributed by atoms with E-state index in [4.69, 9.17) is 4.74 Å². The van der Waals surface area contributed by atoms with Crippen LogP contribution in [0.15, 0.2) is 29.2 Å². The lowest BCUT2D eigenvalue weighted by Gasteiger charge is -2.20. The molecular formula is C14H18N4O2S. The van der Waals surface area contributed by atoms with Gasteiger partial charge in [-0.25, -0.2) is 9.78 Å². The molecule has 0 bridgehead atoms. The van der Waals surface area contributed by atoms with Crippen molar-refractivity contribution in [3.8, 4) is 0 Å². The highest BCUT2D eigenvalue weighted by atomic mass is 32.1. The molecule has 0 aromatic carbocycles. The van der Waals surface area contributed by atoms with E-state index in [1.807, 2.05) is 27.6 Å². The normalized spacial score (nSPS) is 21.4. The van der Waals surface area contributed by atoms with Gasteiger partial charge in [0.25, 0.3) is 0 Å². The highest BCUT2D eigenvalue weighted by Gasteiger charge is 2.33. The summed E-state index contributed by atoms with van der Waals surface area (Å²) in [5.74, 6) is 0.871. The van der Waals surface area contributed by atoms with Gasteiger partial charge in [0.2, 0.25) is 0 Å². The molecule has 2 aromatic heterocycles. The lowest BCUT2D eigenvalue weighted by atomic mass is 10.1. The molecule has 0 saturated carbocycles. The maximum absolute atomic E-state index is 12.0. The first-order chi connectivity index (χ1) is 10.3. The molecule has 7 heteroatoms. The summed E-state index contributed by atoms with van der Waals surface area (Å²) in [6.07, 6.45) is 4.30. The quantitative estimate of drug-likeness (QED) is 0.912. The van der Waals surface area contributed by atoms with Gasteiger partial charge in [-0.15, -0.1) is 0 Å². The summed E-state index contributed by atoms with van der Waals surface area (Å²) in [7, 11) is 0. The van der Waals surface area contributed by atoms with Crippen LogP contribution in [-0.2, 0) is 11.3 Å². The number of thiophene rings is 1. The highest BCUT2D eigenvalue weighted by Crippen LogP contribution is 2.28. The Labute approximate surface area is 127 Å². The molecular weight excluding hydrogens is 288 g/mol. The number of anilines is 1. The van der Waals surface area contributed by atoms with Crippen molar-refractivity contribution in [2.45, 2.75) is 32.0 Å². The Morgan fingerprint density at radius 2 is 2.52 bits per heavy atom. The average Bonchev–Trinajstić information content (AvgIpc) is 3.18. The number of aryl methyl sites for hydroxylation is 1. The van der Waals surface area contributed by atoms with E-state index >= 15 is 0 Å². The molecule has 0 radical (unpaired) electrons. The molecule has 21 heavy (non-hydrogen) atoms. The van der Waals surface area contributed by atoms with Crippen molar-refractivity contribution in [1.82, 2.24) is 14.9 Å². The Morgan fingerprint density at radius 1 is 1.62 bits per heavy atom. The molecule has 0 aliphatic carbocycles. The van der Waals surface area contributed by atoms with E-state index in [-0.39, 0.29) is 18.2 Å². The number of amides is 2. The Bertz CT molecular complexity index is 596. The molecule has 2 N–H and O–H groups in total. The van der Waals surface area contributed by atoms with Crippen molar-refractivity contribution < 1.29 is 9.53 Å². The average molecular weight is 306 g/mol. The van der Waals surface area contributed by atoms with Crippen LogP contribution in [0.5, 0.6) is 0 Å². The van der Waals surface area contributed by atoms with Crippen LogP contribution in [0.1, 0.15) is 25.3 Å². The lowest BCUT2D eigenvalue weighted by molar-refractivity contribution is 0.0906. The third-order valence-electron chi connectivity index (χ3n) is 3.53. The fraction of sp³-hybridized carbons (Fsp3) is 0.429. The number of hydrogen-bond acceptors (Lipinski definition) is 4. The Morgan fingerprint density at radius 3 is 3.29 bits per heavy atom. The molecule has 2 amide bonds. The number of aromatic nitrogens is 2. The topological polar surface area (TPSA) is 68.2 Å². The van der Waals surface area contributed by atoms with Crippen LogP contribution < -0.4 is 10.6 Å². The van der Waals surface area contributed by atoms with E-state index in [1.165, 1.54) is 0 Å². The van der Waals surface area contributed by atoms with Crippen molar-refractivity contribution in [3.05, 3.63) is 35.0 Å². The Balaban J connectivity index is 1.65. The van der Waals surface area contributed by atoms with Crippen LogP contribution in [0.4, 0.5) is 10.5 Å². The minimum absolute atomic E-state index is 0.0589. The second-order valence-corrected chi connectivity index (χ2v) is 5.65. The van der Waals surface area contributed by atoms with E-state index < -0.39 is 0 Å². The fourth-order valence-electron chi connectivity index (χ4n) is 2.51. The molecule has 2 atom stereocenters. The number of ether oxygens (including phenoxy) is 1. The van der Waals surface area contributed by atoms with Crippen LogP contribution in [0, 0.1) is 0 Å². The molecule has 112 valence electrons. The summed E-state index contributed by atoms with van der Waals surface area (Å²) in [4.78, 5) is 16.4. The SMILES string of the molecule is CCn1ccnc1[C@H]1OCC[C@@H]1NC(=O)Nc1ccsc1. The van der Waals surface area contributed by atoms with Gasteiger partial charge < -0.3 is 19.9 Å². The van der Waals surface area contributed by atoms with Crippen LogP contribution >= 0.6 is 11.3 Å². The van der Waals surface area contributed by atoms with Gasteiger partial charge in [-0.2, -0.15) is 11.3 Å². The predicted octanol–water partition coefficient (Wildman–Crippen LogP) is 2.62. The third-order valence-corrected chi connectivity index (χ3v) is 4.21. The number of rotatable bonds is 4. The van der Waals surface area contributed by atoms with Crippen molar-refractivity contribution in [1.29, 1.82) is 0 Å². The van der Waals surface area contributed by atoms with Gasteiger partial charge in [0.05, 0.1) is 11.7 Å². The zero-order valence-electron chi connectivity index (χ0n) is 11.8. The number of carbonyl (C=O) groups excluding carboxylic acids is 1. The van der Waals surface area contributed by atoms with Gasteiger partial charge in [0.15, 0.2) is 0 Å². The van der Waals surface area contributed by atoms with E-state index in [2.05, 4.69) is 22.5 Å². The molecule has 1 saturated heterocycles. The van der Waals surface area contributed by atoms with Crippen LogP contribution in [-0.4, -0.2) is 28.2 Å². The first-order valence-corrected chi connectivity index (χ1v) is 7.94. The van der Waals surface area contributed by atoms with E-state index in [9.17, 15) is 4.79 Å². The summed E-state index contributed by atoms with van der Waals surface area (Å²) in [6.45, 7) is 3.53. The molecule has 1 aliphatic rings. The van der Waals surface area contributed by atoms with E-state index in [0.717, 1.165) is 24.5 Å². The molecule has 0 spiro atoms. The predicted molar refractivity (Wildman–Crippen MR) is 81.5 cm³/mol. The number of carbonyl (C=O) groups is 1. The summed E-state index contributed by atoms with van der Waals surface area (Å²) in [5.41, 5.74) is 0.808. The monoisotopic (exact) mass is 306 g/mol. The van der Waals surface area contributed by atoms with Crippen molar-refractivity contribution in [2.24, 2.45) is 0 Å². The second kappa shape index (κ2) is 6.28. The standard InChI is InChI=1S/C14H18N4O2S/c1-2-18-6-5-15-13(18)12-11(3-7-20-12)17-14(19)16-10-4-8-21-9-10/h4-6,8-9,11-12H,2-3,7H2,1H3,(H2,16,17,19)/t11-,12-/m0/s1. The summed E-state index contributed by atoms with van der Waals surface area (Å²) >= 11 is 1.55. The first kappa shape index (κ1) is 14.1. The molecule has 3 heterocycles. The van der Waals surface area contributed by atoms with E-state index in [1.54, 1.807) is 17.5 Å². The molecule has 1 aliphatic heterocycles. The van der Waals surface area contributed by atoms with Crippen LogP contribution in [0.3, 0.4) is 0 Å². The number of nitrogens with one attached hydrogen (secondary N) is 2. The molecule has 2 aromatic rings. The summed E-state index contributed by atoms with van der Waals surface area (Å²) in [6, 6.07) is 1.61. The highest BCUT2D eigenvalue weighted by molar-refractivity contribution is 7.08. The van der Waals surface area contributed by atoms with Crippen molar-refractivity contribution in [2.75, 3.05) is 11.9 Å². The van der Waals surface area contributed by atoms with Gasteiger partial charge in [-0.3, -0.25) is 0 Å². The zero-order valence-corrected chi connectivity index (χ0v) is 12.6. The zero-order chi connectivity index (χ0) is 14.7. The van der Waals surface area contributed by atoms with Crippen LogP contribution in [0.25, 0.3) is 0 Å². The number of urea groups is 1. The van der Waals surface area contributed by atoms with Gasteiger partial charge in [-0.05, 0) is 24.8 Å². The number of nitrogens with zero attached hydrogens (tertiary/aromatic N) is 2. The van der Waals surface area contributed by atoms with Crippen molar-refractivity contribution >= 4 is 23.1 Å². The van der Waals surface area contributed by atoms with Gasteiger partial charge >= 0.3 is 6.03 Å². The van der Waals surface area contributed by atoms with Gasteiger partial charge in [0, 0.05) is 30.9 Å². The number of imidazole rings is 1. The maximum atomic E-state index is 12.0. The summed E-state index contributed by atoms with van der Waals surface area (Å²) in [5, 5.41) is 9.62. The van der Waals surface area contributed by atoms with Crippen molar-refractivity contribution in [3.63, 3.8) is 0 Å².